The number of methoxy groups -OCH3 is 1. The number of likely N-dealkylation sites (tertiary alicyclic amines) is 3. The zero-order chi connectivity index (χ0) is 84.2. The highest BCUT2D eigenvalue weighted by atomic mass is 19.1. The summed E-state index contributed by atoms with van der Waals surface area (Å²) in [5.41, 5.74) is 30.8. The van der Waals surface area contributed by atoms with Gasteiger partial charge in [-0.15, -0.1) is 0 Å². The van der Waals surface area contributed by atoms with Crippen molar-refractivity contribution in [2.75, 3.05) is 118 Å². The highest BCUT2D eigenvalue weighted by Gasteiger charge is 2.35. The molecule has 0 bridgehead atoms. The lowest BCUT2D eigenvalue weighted by Crippen LogP contribution is -2.40. The fourth-order valence-electron chi connectivity index (χ4n) is 17.0. The largest absolute Gasteiger partial charge is 0.457 e. The Bertz CT molecular complexity index is 5710. The van der Waals surface area contributed by atoms with Crippen molar-refractivity contribution in [2.45, 2.75) is 109 Å². The molecule has 6 aromatic carbocycles. The van der Waals surface area contributed by atoms with Crippen molar-refractivity contribution in [3.05, 3.63) is 236 Å². The van der Waals surface area contributed by atoms with Crippen LogP contribution in [0.1, 0.15) is 93.0 Å². The Hall–Kier alpha value is -12.6. The molecule has 3 aliphatic heterocycles. The summed E-state index contributed by atoms with van der Waals surface area (Å²) in [4.78, 5) is 78.5. The van der Waals surface area contributed by atoms with Gasteiger partial charge in [-0.25, -0.2) is 34.3 Å². The molecular weight excluding hydrogens is 1520 g/mol. The van der Waals surface area contributed by atoms with Crippen LogP contribution in [-0.4, -0.2) is 203 Å². The van der Waals surface area contributed by atoms with Crippen LogP contribution in [0.5, 0.6) is 34.5 Å². The lowest BCUT2D eigenvalue weighted by atomic mass is 10.0. The van der Waals surface area contributed by atoms with E-state index in [0.29, 0.717) is 80.4 Å². The Morgan fingerprint density at radius 3 is 1.15 bits per heavy atom. The van der Waals surface area contributed by atoms with Gasteiger partial charge in [0.15, 0.2) is 0 Å². The normalized spacial score (nSPS) is 16.9. The number of benzene rings is 6. The van der Waals surface area contributed by atoms with E-state index < -0.39 is 0 Å². The maximum atomic E-state index is 13.6. The molecule has 9 heterocycles. The zero-order valence-corrected chi connectivity index (χ0v) is 69.9. The molecule has 0 radical (unpaired) electrons. The van der Waals surface area contributed by atoms with Gasteiger partial charge >= 0.3 is 0 Å². The van der Waals surface area contributed by atoms with E-state index in [9.17, 15) is 18.8 Å². The number of carbonyl (C=O) groups is 3. The minimum atomic E-state index is -0.349. The molecule has 6 aromatic heterocycles. The van der Waals surface area contributed by atoms with Crippen LogP contribution in [0.3, 0.4) is 0 Å². The highest BCUT2D eigenvalue weighted by Crippen LogP contribution is 2.45. The van der Waals surface area contributed by atoms with E-state index in [1.54, 1.807) is 37.5 Å². The average Bonchev–Trinajstić information content (AvgIpc) is 1.60. The SMILES string of the molecule is COCCN(C)C/C=C/C(=O)N1CC[C@@H](n2c(C)c(-c3ccc(Oc4ccccc4)cc3)c3c(N)ncnc32)C1.Cc1c(-c2ccc(Oc3cccc(F)c3)cc2)c2c(N)ncnc2n1[C@@H]1CCCN(C(=O)/C=C/CN(C)C2CC2)C1.Cc1c(-c2ccc(Oc3ccccc3)cc2)c2c(N)ncnc2n1[C@@H]1CCCN(C(=O)/C=C/CN(C)C2CC2)C1. The summed E-state index contributed by atoms with van der Waals surface area (Å²) in [5, 5.41) is 2.49. The molecular formula is C95H107FN18O7. The Balaban J connectivity index is 0.000000141. The zero-order valence-electron chi connectivity index (χ0n) is 69.9. The van der Waals surface area contributed by atoms with Crippen LogP contribution in [0.4, 0.5) is 21.8 Å². The van der Waals surface area contributed by atoms with Gasteiger partial charge in [-0.05, 0) is 189 Å². The molecule has 17 rings (SSSR count). The van der Waals surface area contributed by atoms with Crippen LogP contribution in [-0.2, 0) is 19.1 Å². The summed E-state index contributed by atoms with van der Waals surface area (Å²) in [6.45, 7) is 14.1. The molecule has 25 nitrogen and oxygen atoms in total. The Labute approximate surface area is 705 Å². The second kappa shape index (κ2) is 38.2. The van der Waals surface area contributed by atoms with Crippen molar-refractivity contribution in [3.8, 4) is 67.9 Å². The summed E-state index contributed by atoms with van der Waals surface area (Å²) >= 11 is 0. The van der Waals surface area contributed by atoms with Gasteiger partial charge in [0, 0.05) is 143 Å². The molecule has 5 aliphatic rings. The van der Waals surface area contributed by atoms with Crippen LogP contribution in [0.2, 0.25) is 0 Å². The van der Waals surface area contributed by atoms with Gasteiger partial charge < -0.3 is 69.4 Å². The van der Waals surface area contributed by atoms with Crippen molar-refractivity contribution in [3.63, 3.8) is 0 Å². The van der Waals surface area contributed by atoms with Gasteiger partial charge in [0.2, 0.25) is 17.7 Å². The van der Waals surface area contributed by atoms with Crippen LogP contribution >= 0.6 is 0 Å². The van der Waals surface area contributed by atoms with E-state index in [-0.39, 0.29) is 41.7 Å². The van der Waals surface area contributed by atoms with Crippen molar-refractivity contribution in [1.82, 2.24) is 73.0 Å². The smallest absolute Gasteiger partial charge is 0.246 e. The van der Waals surface area contributed by atoms with Gasteiger partial charge in [0.1, 0.15) is 93.7 Å². The number of anilines is 3. The maximum Gasteiger partial charge on any atom is 0.246 e. The highest BCUT2D eigenvalue weighted by molar-refractivity contribution is 6.05. The molecule has 0 spiro atoms. The second-order valence-corrected chi connectivity index (χ2v) is 32.0. The number of fused-ring (bicyclic) bond motifs is 3. The minimum absolute atomic E-state index is 0.0279. The van der Waals surface area contributed by atoms with E-state index in [0.717, 1.165) is 171 Å². The molecule has 626 valence electrons. The van der Waals surface area contributed by atoms with Crippen molar-refractivity contribution in [2.24, 2.45) is 0 Å². The van der Waals surface area contributed by atoms with E-state index in [4.69, 9.17) is 36.1 Å². The number of likely N-dealkylation sites (N-methyl/N-ethyl adjacent to an activating group) is 3. The summed E-state index contributed by atoms with van der Waals surface area (Å²) in [6.07, 6.45) is 25.2. The van der Waals surface area contributed by atoms with E-state index >= 15 is 0 Å². The molecule has 5 fully saturated rings. The van der Waals surface area contributed by atoms with Crippen LogP contribution in [0, 0.1) is 26.6 Å². The monoisotopic (exact) mass is 1630 g/mol. The number of nitrogens with two attached hydrogens (primary N) is 3. The number of aromatic nitrogens is 9. The molecule has 2 aliphatic carbocycles. The lowest BCUT2D eigenvalue weighted by Gasteiger charge is -2.34. The van der Waals surface area contributed by atoms with Crippen molar-refractivity contribution < 1.29 is 37.7 Å². The molecule has 6 N–H and O–H groups in total. The first-order valence-electron chi connectivity index (χ1n) is 41.8. The Morgan fingerprint density at radius 1 is 0.430 bits per heavy atom. The molecule has 3 atom stereocenters. The molecule has 2 saturated carbocycles. The first-order chi connectivity index (χ1) is 58.8. The number of rotatable bonds is 26. The van der Waals surface area contributed by atoms with Crippen LogP contribution < -0.4 is 31.4 Å². The van der Waals surface area contributed by atoms with Crippen LogP contribution in [0.15, 0.2) is 213 Å². The van der Waals surface area contributed by atoms with Crippen molar-refractivity contribution in [1.29, 1.82) is 0 Å². The molecule has 12 aromatic rings. The Morgan fingerprint density at radius 2 is 0.777 bits per heavy atom. The van der Waals surface area contributed by atoms with Crippen LogP contribution in [0.25, 0.3) is 66.5 Å². The number of halogens is 1. The predicted molar refractivity (Wildman–Crippen MR) is 474 cm³/mol. The fraction of sp³-hybridized carbons (Fsp3) is 0.337. The summed E-state index contributed by atoms with van der Waals surface area (Å²) < 4.78 is 43.2. The number of nitrogens with zero attached hydrogens (tertiary/aromatic N) is 15. The number of para-hydroxylation sites is 2. The van der Waals surface area contributed by atoms with Gasteiger partial charge in [-0.2, -0.15) is 0 Å². The second-order valence-electron chi connectivity index (χ2n) is 32.0. The van der Waals surface area contributed by atoms with Gasteiger partial charge in [0.25, 0.3) is 0 Å². The summed E-state index contributed by atoms with van der Waals surface area (Å²) in [6, 6.07) is 50.8. The fourth-order valence-corrected chi connectivity index (χ4v) is 17.0. The van der Waals surface area contributed by atoms with Gasteiger partial charge in [-0.3, -0.25) is 24.2 Å². The van der Waals surface area contributed by atoms with E-state index in [2.05, 4.69) is 105 Å². The van der Waals surface area contributed by atoms with Crippen molar-refractivity contribution >= 4 is 68.3 Å². The topological polar surface area (TPSA) is 278 Å². The first-order valence-corrected chi connectivity index (χ1v) is 41.8. The van der Waals surface area contributed by atoms with Gasteiger partial charge in [-0.1, -0.05) is 97.1 Å². The van der Waals surface area contributed by atoms with E-state index in [1.165, 1.54) is 56.8 Å². The summed E-state index contributed by atoms with van der Waals surface area (Å²) in [7, 11) is 7.93. The number of carbonyl (C=O) groups excluding carboxylic acids is 3. The third-order valence-corrected chi connectivity index (χ3v) is 23.6. The Kier molecular flexibility index (Phi) is 26.3. The number of piperidine rings is 2. The average molecular weight is 1630 g/mol. The maximum absolute atomic E-state index is 13.6. The number of hydrogen-bond donors (Lipinski definition) is 3. The van der Waals surface area contributed by atoms with Gasteiger partial charge in [0.05, 0.1) is 40.9 Å². The molecule has 0 unspecified atom stereocenters. The minimum Gasteiger partial charge on any atom is -0.457 e. The standard InChI is InChI=1S/C32H35FN6O2.C32H36N6O2.C31H36N6O3/c1-21-29(22-10-14-26(15-11-22)41-27-8-3-6-23(33)18-27)30-31(34)35-20-36-32(30)39(21)25-7-4-17-38(19-25)28(40)9-5-16-37(2)24-12-13-24;1-22-29(23-12-16-27(17-13-23)40-26-9-4-3-5-10-26)30-31(33)34-21-35-32(30)38(22)25-8-6-19-37(20-25)28(39)11-7-18-36(2)24-14-15-24;1-22-28(23-11-13-26(14-12-23)40-25-8-5-4-6-9-25)29-30(32)33-21-34-31(29)37(22)24-15-17-36(20-24)27(38)10-7-16-35(2)18-19-39-3/h3,5-6,8-11,14-15,18,20,24-25H,4,7,12-13,16-17,19H2,1-2H3,(H2,34,35,36);3-5,7,9-13,16-17,21,24-25H,6,8,14-15,18-20H2,1-2H3,(H2,33,34,35);4-14,21,24H,15-20H2,1-3H3,(H2,32,33,34)/b9-5+;11-7+;10-7+/t2*25-;24-/m111/s1. The third-order valence-electron chi connectivity index (χ3n) is 23.6. The first kappa shape index (κ1) is 83.4. The molecule has 3 amide bonds. The lowest BCUT2D eigenvalue weighted by molar-refractivity contribution is -0.128. The van der Waals surface area contributed by atoms with E-state index in [1.807, 2.05) is 161 Å². The number of nitrogen functional groups attached to an aromatic ring is 3. The number of hydrogen-bond acceptors (Lipinski definition) is 19. The quantitative estimate of drug-likeness (QED) is 0.0425. The molecule has 3 saturated heterocycles. The predicted octanol–water partition coefficient (Wildman–Crippen LogP) is 16.0. The summed E-state index contributed by atoms with van der Waals surface area (Å²) in [5.74, 6) is 5.25. The third kappa shape index (κ3) is 19.6. The molecule has 121 heavy (non-hydrogen) atoms. The molecule has 26 heteroatoms. The number of ether oxygens (including phenoxy) is 4. The number of amides is 3.